The lowest BCUT2D eigenvalue weighted by Gasteiger charge is -2.35. The molecule has 0 aliphatic heterocycles. The Morgan fingerprint density at radius 2 is 2.28 bits per heavy atom. The fraction of sp³-hybridized carbons (Fsp3) is 0.769. The molecule has 0 aromatic carbocycles. The smallest absolute Gasteiger partial charge is 0.110 e. The molecule has 104 valence electrons. The van der Waals surface area contributed by atoms with Crippen LogP contribution >= 0.6 is 0 Å². The van der Waals surface area contributed by atoms with E-state index in [0.717, 1.165) is 31.6 Å². The second-order valence-corrected chi connectivity index (χ2v) is 4.83. The predicted octanol–water partition coefficient (Wildman–Crippen LogP) is 1.48. The van der Waals surface area contributed by atoms with Crippen molar-refractivity contribution in [2.24, 2.45) is 5.84 Å². The van der Waals surface area contributed by atoms with Gasteiger partial charge in [-0.1, -0.05) is 13.8 Å². The minimum absolute atomic E-state index is 0.0468. The van der Waals surface area contributed by atoms with Crippen molar-refractivity contribution < 1.29 is 4.74 Å². The number of aryl methyl sites for hydroxylation is 1. The van der Waals surface area contributed by atoms with Crippen molar-refractivity contribution in [3.05, 3.63) is 18.2 Å². The van der Waals surface area contributed by atoms with E-state index in [1.165, 1.54) is 0 Å². The first kappa shape index (κ1) is 15.1. The Balaban J connectivity index is 2.82. The molecule has 0 spiro atoms. The summed E-state index contributed by atoms with van der Waals surface area (Å²) in [7, 11) is 1.73. The van der Waals surface area contributed by atoms with E-state index in [0.29, 0.717) is 0 Å². The molecule has 1 aromatic rings. The zero-order chi connectivity index (χ0) is 13.6. The molecule has 1 heterocycles. The van der Waals surface area contributed by atoms with Gasteiger partial charge in [0.15, 0.2) is 0 Å². The van der Waals surface area contributed by atoms with Crippen molar-refractivity contribution in [2.75, 3.05) is 7.11 Å². The van der Waals surface area contributed by atoms with E-state index in [1.54, 1.807) is 7.11 Å². The van der Waals surface area contributed by atoms with E-state index in [2.05, 4.69) is 35.7 Å². The Kier molecular flexibility index (Phi) is 5.78. The van der Waals surface area contributed by atoms with E-state index in [-0.39, 0.29) is 11.6 Å². The second-order valence-electron chi connectivity index (χ2n) is 4.83. The number of nitrogens with two attached hydrogens (primary N) is 1. The van der Waals surface area contributed by atoms with Crippen molar-refractivity contribution in [1.29, 1.82) is 0 Å². The van der Waals surface area contributed by atoms with Gasteiger partial charge in [0.25, 0.3) is 0 Å². The van der Waals surface area contributed by atoms with E-state index in [4.69, 9.17) is 10.6 Å². The summed E-state index contributed by atoms with van der Waals surface area (Å²) in [5, 5.41) is 0. The van der Waals surface area contributed by atoms with E-state index < -0.39 is 0 Å². The second kappa shape index (κ2) is 6.87. The van der Waals surface area contributed by atoms with Crippen molar-refractivity contribution in [3.63, 3.8) is 0 Å². The lowest BCUT2D eigenvalue weighted by Crippen LogP contribution is -2.54. The van der Waals surface area contributed by atoms with Gasteiger partial charge in [-0.15, -0.1) is 0 Å². The fourth-order valence-corrected chi connectivity index (χ4v) is 2.14. The Bertz CT molecular complexity index is 347. The highest BCUT2D eigenvalue weighted by atomic mass is 16.5. The van der Waals surface area contributed by atoms with Crippen molar-refractivity contribution in [1.82, 2.24) is 15.0 Å². The average molecular weight is 254 g/mol. The molecular formula is C13H26N4O. The summed E-state index contributed by atoms with van der Waals surface area (Å²) in [6.07, 6.45) is 6.62. The number of methoxy groups -OCH3 is 1. The topological polar surface area (TPSA) is 65.1 Å². The van der Waals surface area contributed by atoms with Crippen LogP contribution in [-0.4, -0.2) is 28.3 Å². The summed E-state index contributed by atoms with van der Waals surface area (Å²) in [6.45, 7) is 7.33. The molecule has 0 amide bonds. The van der Waals surface area contributed by atoms with Crippen LogP contribution in [0, 0.1) is 0 Å². The normalized spacial score (nSPS) is 16.5. The average Bonchev–Trinajstić information content (AvgIpc) is 2.83. The third-order valence-electron chi connectivity index (χ3n) is 3.76. The van der Waals surface area contributed by atoms with Gasteiger partial charge in [0.05, 0.1) is 11.6 Å². The highest BCUT2D eigenvalue weighted by Gasteiger charge is 2.32. The minimum Gasteiger partial charge on any atom is -0.377 e. The van der Waals surface area contributed by atoms with Gasteiger partial charge in [0, 0.05) is 32.5 Å². The summed E-state index contributed by atoms with van der Waals surface area (Å²) in [4.78, 5) is 4.42. The number of rotatable bonds is 8. The standard InChI is InChI=1S/C13H26N4O/c1-5-8-17-9-7-15-12(17)10-11(16-14)13(3,6-2)18-4/h7,9,11,16H,5-6,8,10,14H2,1-4H3. The first-order chi connectivity index (χ1) is 8.61. The Hall–Kier alpha value is -0.910. The molecule has 5 nitrogen and oxygen atoms in total. The number of imidazole rings is 1. The van der Waals surface area contributed by atoms with Crippen molar-refractivity contribution in [2.45, 2.75) is 58.2 Å². The van der Waals surface area contributed by atoms with Gasteiger partial charge in [-0.3, -0.25) is 11.3 Å². The van der Waals surface area contributed by atoms with Gasteiger partial charge in [-0.05, 0) is 19.8 Å². The van der Waals surface area contributed by atoms with Gasteiger partial charge >= 0.3 is 0 Å². The zero-order valence-corrected chi connectivity index (χ0v) is 11.9. The molecule has 0 aliphatic rings. The highest BCUT2D eigenvalue weighted by Crippen LogP contribution is 2.21. The van der Waals surface area contributed by atoms with Gasteiger partial charge in [0.1, 0.15) is 5.82 Å². The molecule has 0 saturated carbocycles. The summed E-state index contributed by atoms with van der Waals surface area (Å²) in [5.74, 6) is 6.74. The van der Waals surface area contributed by atoms with E-state index >= 15 is 0 Å². The lowest BCUT2D eigenvalue weighted by molar-refractivity contribution is -0.0294. The number of hydrogen-bond donors (Lipinski definition) is 2. The zero-order valence-electron chi connectivity index (χ0n) is 11.9. The first-order valence-electron chi connectivity index (χ1n) is 6.62. The largest absolute Gasteiger partial charge is 0.377 e. The van der Waals surface area contributed by atoms with E-state index in [1.807, 2.05) is 12.4 Å². The minimum atomic E-state index is -0.280. The van der Waals surface area contributed by atoms with Gasteiger partial charge in [-0.25, -0.2) is 4.98 Å². The Morgan fingerprint density at radius 1 is 1.56 bits per heavy atom. The van der Waals surface area contributed by atoms with Crippen LogP contribution in [0.25, 0.3) is 0 Å². The van der Waals surface area contributed by atoms with E-state index in [9.17, 15) is 0 Å². The monoisotopic (exact) mass is 254 g/mol. The maximum absolute atomic E-state index is 5.68. The molecule has 2 atom stereocenters. The number of aromatic nitrogens is 2. The molecule has 1 aromatic heterocycles. The van der Waals surface area contributed by atoms with Crippen molar-refractivity contribution in [3.8, 4) is 0 Å². The van der Waals surface area contributed by atoms with Crippen LogP contribution < -0.4 is 11.3 Å². The number of hydrazine groups is 1. The quantitative estimate of drug-likeness (QED) is 0.545. The molecule has 3 N–H and O–H groups in total. The van der Waals surface area contributed by atoms with Crippen LogP contribution in [0.5, 0.6) is 0 Å². The summed E-state index contributed by atoms with van der Waals surface area (Å²) < 4.78 is 7.79. The van der Waals surface area contributed by atoms with Crippen molar-refractivity contribution >= 4 is 0 Å². The molecular weight excluding hydrogens is 228 g/mol. The Morgan fingerprint density at radius 3 is 2.78 bits per heavy atom. The highest BCUT2D eigenvalue weighted by molar-refractivity contribution is 5.00. The molecule has 18 heavy (non-hydrogen) atoms. The SMILES string of the molecule is CCCn1ccnc1CC(NN)C(C)(CC)OC. The molecule has 0 radical (unpaired) electrons. The van der Waals surface area contributed by atoms with Gasteiger partial charge < -0.3 is 9.30 Å². The molecule has 0 saturated heterocycles. The third-order valence-corrected chi connectivity index (χ3v) is 3.76. The lowest BCUT2D eigenvalue weighted by atomic mass is 9.91. The summed E-state index contributed by atoms with van der Waals surface area (Å²) in [5.41, 5.74) is 2.59. The summed E-state index contributed by atoms with van der Waals surface area (Å²) in [6, 6.07) is 0.0468. The molecule has 2 unspecified atom stereocenters. The third kappa shape index (κ3) is 3.31. The first-order valence-corrected chi connectivity index (χ1v) is 6.62. The molecule has 5 heteroatoms. The predicted molar refractivity (Wildman–Crippen MR) is 73.0 cm³/mol. The number of hydrogen-bond acceptors (Lipinski definition) is 4. The fourth-order valence-electron chi connectivity index (χ4n) is 2.14. The van der Waals surface area contributed by atoms with Crippen LogP contribution in [0.4, 0.5) is 0 Å². The van der Waals surface area contributed by atoms with Crippen LogP contribution in [0.2, 0.25) is 0 Å². The van der Waals surface area contributed by atoms with Gasteiger partial charge in [0.2, 0.25) is 0 Å². The number of ether oxygens (including phenoxy) is 1. The summed E-state index contributed by atoms with van der Waals surface area (Å²) >= 11 is 0. The van der Waals surface area contributed by atoms with Gasteiger partial charge in [-0.2, -0.15) is 0 Å². The molecule has 1 rings (SSSR count). The number of nitrogens with zero attached hydrogens (tertiary/aromatic N) is 2. The van der Waals surface area contributed by atoms with Crippen LogP contribution in [-0.2, 0) is 17.7 Å². The molecule has 0 fully saturated rings. The maximum Gasteiger partial charge on any atom is 0.110 e. The molecule has 0 bridgehead atoms. The van der Waals surface area contributed by atoms with Crippen LogP contribution in [0.3, 0.4) is 0 Å². The maximum atomic E-state index is 5.68. The Labute approximate surface area is 110 Å². The number of nitrogens with one attached hydrogen (secondary N) is 1. The van der Waals surface area contributed by atoms with Crippen LogP contribution in [0.1, 0.15) is 39.4 Å². The van der Waals surface area contributed by atoms with Crippen LogP contribution in [0.15, 0.2) is 12.4 Å². The molecule has 0 aliphatic carbocycles.